The quantitative estimate of drug-likeness (QED) is 0.625. The Morgan fingerprint density at radius 1 is 1.42 bits per heavy atom. The lowest BCUT2D eigenvalue weighted by molar-refractivity contribution is -0.132. The van der Waals surface area contributed by atoms with E-state index in [0.29, 0.717) is 32.1 Å². The molecule has 1 aromatic heterocycles. The van der Waals surface area contributed by atoms with Crippen LogP contribution in [0.5, 0.6) is 0 Å². The number of aryl methyl sites for hydroxylation is 1. The first-order chi connectivity index (χ1) is 12.5. The Morgan fingerprint density at radius 3 is 2.69 bits per heavy atom. The standard InChI is InChI=1S/C10H14N2O3.C8H10NOP/c1-7-3-9(15-11-7)4-10(13)12-6-14-5-8(12)2;10-6-9-5-7-1-3-8(11)4-2-7/h3,8H,4-6H2,1-2H3;1-4,6H,5,11H2,(H,9,10). The van der Waals surface area contributed by atoms with Crippen molar-refractivity contribution in [3.63, 3.8) is 0 Å². The number of benzene rings is 1. The molecule has 2 amide bonds. The van der Waals surface area contributed by atoms with E-state index in [9.17, 15) is 9.59 Å². The van der Waals surface area contributed by atoms with E-state index >= 15 is 0 Å². The summed E-state index contributed by atoms with van der Waals surface area (Å²) in [6, 6.07) is 9.89. The number of nitrogens with zero attached hydrogens (tertiary/aromatic N) is 2. The van der Waals surface area contributed by atoms with Gasteiger partial charge in [-0.1, -0.05) is 29.4 Å². The molecule has 2 heterocycles. The van der Waals surface area contributed by atoms with Gasteiger partial charge in [0.2, 0.25) is 12.3 Å². The minimum Gasteiger partial charge on any atom is -0.361 e. The predicted octanol–water partition coefficient (Wildman–Crippen LogP) is 1.16. The van der Waals surface area contributed by atoms with Gasteiger partial charge in [-0.05, 0) is 24.7 Å². The molecule has 0 aliphatic carbocycles. The van der Waals surface area contributed by atoms with Crippen LogP contribution in [0, 0.1) is 6.92 Å². The summed E-state index contributed by atoms with van der Waals surface area (Å²) in [4.78, 5) is 23.4. The number of rotatable bonds is 5. The topological polar surface area (TPSA) is 84.7 Å². The van der Waals surface area contributed by atoms with Gasteiger partial charge in [-0.3, -0.25) is 9.59 Å². The number of hydrogen-bond acceptors (Lipinski definition) is 5. The van der Waals surface area contributed by atoms with E-state index in [2.05, 4.69) is 19.7 Å². The van der Waals surface area contributed by atoms with Crippen LogP contribution in [-0.2, 0) is 27.3 Å². The van der Waals surface area contributed by atoms with Crippen molar-refractivity contribution in [3.05, 3.63) is 47.3 Å². The fourth-order valence-electron chi connectivity index (χ4n) is 2.40. The Labute approximate surface area is 155 Å². The van der Waals surface area contributed by atoms with Gasteiger partial charge in [-0.2, -0.15) is 0 Å². The van der Waals surface area contributed by atoms with E-state index in [1.165, 1.54) is 0 Å². The van der Waals surface area contributed by atoms with E-state index in [0.717, 1.165) is 16.6 Å². The van der Waals surface area contributed by atoms with Crippen molar-refractivity contribution < 1.29 is 18.8 Å². The molecule has 7 nitrogen and oxygen atoms in total. The molecule has 26 heavy (non-hydrogen) atoms. The van der Waals surface area contributed by atoms with Crippen LogP contribution in [-0.4, -0.2) is 41.8 Å². The largest absolute Gasteiger partial charge is 0.361 e. The number of nitrogens with one attached hydrogen (secondary N) is 1. The number of hydrogen-bond donors (Lipinski definition) is 1. The van der Waals surface area contributed by atoms with E-state index in [-0.39, 0.29) is 18.4 Å². The average molecular weight is 377 g/mol. The van der Waals surface area contributed by atoms with Gasteiger partial charge < -0.3 is 19.5 Å². The summed E-state index contributed by atoms with van der Waals surface area (Å²) in [6.45, 7) is 5.40. The van der Waals surface area contributed by atoms with Gasteiger partial charge in [0.05, 0.1) is 24.8 Å². The molecule has 0 spiro atoms. The minimum atomic E-state index is 0.0242. The monoisotopic (exact) mass is 377 g/mol. The van der Waals surface area contributed by atoms with Crippen LogP contribution in [0.15, 0.2) is 34.9 Å². The van der Waals surface area contributed by atoms with E-state index in [1.807, 2.05) is 38.1 Å². The van der Waals surface area contributed by atoms with Crippen molar-refractivity contribution in [1.82, 2.24) is 15.4 Å². The highest BCUT2D eigenvalue weighted by Gasteiger charge is 2.26. The molecule has 2 unspecified atom stereocenters. The first kappa shape index (κ1) is 20.1. The molecular weight excluding hydrogens is 353 g/mol. The Morgan fingerprint density at radius 2 is 2.15 bits per heavy atom. The van der Waals surface area contributed by atoms with Crippen LogP contribution in [0.3, 0.4) is 0 Å². The van der Waals surface area contributed by atoms with E-state index < -0.39 is 0 Å². The third-order valence-electron chi connectivity index (χ3n) is 3.81. The fraction of sp³-hybridized carbons (Fsp3) is 0.389. The molecule has 0 radical (unpaired) electrons. The van der Waals surface area contributed by atoms with Gasteiger partial charge >= 0.3 is 0 Å². The molecule has 1 aromatic carbocycles. The fourth-order valence-corrected chi connectivity index (χ4v) is 2.59. The van der Waals surface area contributed by atoms with Gasteiger partial charge in [0.25, 0.3) is 0 Å². The van der Waals surface area contributed by atoms with Gasteiger partial charge in [0, 0.05) is 12.6 Å². The first-order valence-electron chi connectivity index (χ1n) is 8.30. The summed E-state index contributed by atoms with van der Waals surface area (Å²) in [5.41, 5.74) is 1.91. The SMILES string of the molecule is Cc1cc(CC(=O)N2COCC2C)on1.O=CNCc1ccc(P)cc1. The van der Waals surface area contributed by atoms with Gasteiger partial charge in [-0.15, -0.1) is 9.24 Å². The van der Waals surface area contributed by atoms with Crippen molar-refractivity contribution >= 4 is 26.9 Å². The zero-order valence-corrected chi connectivity index (χ0v) is 16.1. The van der Waals surface area contributed by atoms with Crippen LogP contribution in [0.4, 0.5) is 0 Å². The smallest absolute Gasteiger partial charge is 0.232 e. The molecule has 1 saturated heterocycles. The third-order valence-corrected chi connectivity index (χ3v) is 4.20. The molecule has 8 heteroatoms. The van der Waals surface area contributed by atoms with Crippen molar-refractivity contribution in [3.8, 4) is 0 Å². The Bertz CT molecular complexity index is 717. The molecule has 1 fully saturated rings. The highest BCUT2D eigenvalue weighted by molar-refractivity contribution is 7.27. The number of aromatic nitrogens is 1. The van der Waals surface area contributed by atoms with E-state index in [4.69, 9.17) is 9.26 Å². The molecule has 1 aliphatic rings. The van der Waals surface area contributed by atoms with Crippen LogP contribution in [0.1, 0.15) is 23.9 Å². The maximum Gasteiger partial charge on any atom is 0.232 e. The van der Waals surface area contributed by atoms with Crippen LogP contribution < -0.4 is 10.6 Å². The Hall–Kier alpha value is -2.24. The molecule has 0 bridgehead atoms. The number of carbonyl (C=O) groups is 2. The van der Waals surface area contributed by atoms with Crippen molar-refractivity contribution in [1.29, 1.82) is 0 Å². The summed E-state index contributed by atoms with van der Waals surface area (Å²) in [6.07, 6.45) is 0.961. The lowest BCUT2D eigenvalue weighted by Gasteiger charge is -2.17. The summed E-state index contributed by atoms with van der Waals surface area (Å²) in [5.74, 6) is 0.632. The molecular formula is C18H24N3O4P. The summed E-state index contributed by atoms with van der Waals surface area (Å²) >= 11 is 0. The van der Waals surface area contributed by atoms with Crippen LogP contribution >= 0.6 is 9.24 Å². The van der Waals surface area contributed by atoms with Crippen molar-refractivity contribution in [2.75, 3.05) is 13.3 Å². The highest BCUT2D eigenvalue weighted by atomic mass is 31.0. The maximum absolute atomic E-state index is 11.8. The second-order valence-corrected chi connectivity index (χ2v) is 6.73. The zero-order valence-electron chi connectivity index (χ0n) is 15.0. The minimum absolute atomic E-state index is 0.0242. The van der Waals surface area contributed by atoms with Gasteiger partial charge in [0.15, 0.2) is 0 Å². The van der Waals surface area contributed by atoms with Crippen molar-refractivity contribution in [2.24, 2.45) is 0 Å². The lowest BCUT2D eigenvalue weighted by atomic mass is 10.2. The molecule has 3 rings (SSSR count). The van der Waals surface area contributed by atoms with E-state index in [1.54, 1.807) is 11.0 Å². The maximum atomic E-state index is 11.8. The Balaban J connectivity index is 0.000000197. The molecule has 1 aliphatic heterocycles. The molecule has 0 saturated carbocycles. The number of amides is 2. The van der Waals surface area contributed by atoms with Crippen LogP contribution in [0.2, 0.25) is 0 Å². The third kappa shape index (κ3) is 6.24. The van der Waals surface area contributed by atoms with Gasteiger partial charge in [0.1, 0.15) is 12.5 Å². The second kappa shape index (κ2) is 10.0. The number of carbonyl (C=O) groups excluding carboxylic acids is 2. The normalized spacial score (nSPS) is 16.0. The Kier molecular flexibility index (Phi) is 7.75. The average Bonchev–Trinajstić information content (AvgIpc) is 3.23. The molecule has 2 aromatic rings. The second-order valence-electron chi connectivity index (χ2n) is 6.06. The highest BCUT2D eigenvalue weighted by Crippen LogP contribution is 2.12. The molecule has 2 atom stereocenters. The summed E-state index contributed by atoms with van der Waals surface area (Å²) < 4.78 is 10.2. The summed E-state index contributed by atoms with van der Waals surface area (Å²) in [7, 11) is 2.61. The number of ether oxygens (including phenoxy) is 1. The summed E-state index contributed by atoms with van der Waals surface area (Å²) in [5, 5.41) is 7.49. The molecule has 1 N–H and O–H groups in total. The molecule has 140 valence electrons. The van der Waals surface area contributed by atoms with Crippen molar-refractivity contribution in [2.45, 2.75) is 32.9 Å². The lowest BCUT2D eigenvalue weighted by Crippen LogP contribution is -2.35. The predicted molar refractivity (Wildman–Crippen MR) is 101 cm³/mol. The van der Waals surface area contributed by atoms with Gasteiger partial charge in [-0.25, -0.2) is 0 Å². The van der Waals surface area contributed by atoms with Crippen LogP contribution in [0.25, 0.3) is 0 Å². The first-order valence-corrected chi connectivity index (χ1v) is 8.88. The zero-order chi connectivity index (χ0) is 18.9.